The molecule has 3 aromatic rings. The van der Waals surface area contributed by atoms with E-state index in [1.54, 1.807) is 0 Å². The minimum absolute atomic E-state index is 0.0429. The average molecular weight is 390 g/mol. The molecule has 0 aliphatic rings. The summed E-state index contributed by atoms with van der Waals surface area (Å²) in [5.74, 6) is 0.750. The molecule has 29 heavy (non-hydrogen) atoms. The number of aromatic nitrogens is 1. The fraction of sp³-hybridized carbons (Fsp3) is 0.333. The zero-order chi connectivity index (χ0) is 20.3. The van der Waals surface area contributed by atoms with Gasteiger partial charge < -0.3 is 14.2 Å². The Bertz CT molecular complexity index is 966. The highest BCUT2D eigenvalue weighted by Gasteiger charge is 2.07. The second kappa shape index (κ2) is 11.2. The van der Waals surface area contributed by atoms with E-state index in [0.29, 0.717) is 26.4 Å². The van der Waals surface area contributed by atoms with E-state index < -0.39 is 0 Å². The van der Waals surface area contributed by atoms with Crippen LogP contribution in [0, 0.1) is 18.3 Å². The number of hydrogen-bond donors (Lipinski definition) is 0. The van der Waals surface area contributed by atoms with E-state index in [4.69, 9.17) is 19.5 Å². The average Bonchev–Trinajstić information content (AvgIpc) is 2.75. The number of pyridine rings is 1. The van der Waals surface area contributed by atoms with E-state index in [1.165, 1.54) is 0 Å². The lowest BCUT2D eigenvalue weighted by Gasteiger charge is -2.12. The molecule has 0 atom stereocenters. The monoisotopic (exact) mass is 390 g/mol. The van der Waals surface area contributed by atoms with E-state index in [-0.39, 0.29) is 6.61 Å². The minimum Gasteiger partial charge on any atom is -0.478 e. The molecule has 0 unspecified atom stereocenters. The Morgan fingerprint density at radius 2 is 1.69 bits per heavy atom. The number of nitrogens with zero attached hydrogens (tertiary/aromatic N) is 2. The maximum atomic E-state index is 8.72. The molecule has 0 amide bonds. The van der Waals surface area contributed by atoms with Crippen LogP contribution in [0.25, 0.3) is 10.9 Å². The number of hydrogen-bond acceptors (Lipinski definition) is 5. The number of benzene rings is 2. The lowest BCUT2D eigenvalue weighted by Crippen LogP contribution is -2.03. The Labute approximate surface area is 171 Å². The summed E-state index contributed by atoms with van der Waals surface area (Å²) in [7, 11) is 0. The quantitative estimate of drug-likeness (QED) is 0.433. The van der Waals surface area contributed by atoms with Crippen LogP contribution >= 0.6 is 0 Å². The van der Waals surface area contributed by atoms with Crippen LogP contribution in [0.15, 0.2) is 54.6 Å². The highest BCUT2D eigenvalue weighted by Crippen LogP contribution is 2.24. The molecule has 3 rings (SSSR count). The number of nitriles is 1. The first-order chi connectivity index (χ1) is 14.3. The van der Waals surface area contributed by atoms with Crippen LogP contribution in [0.1, 0.15) is 29.7 Å². The van der Waals surface area contributed by atoms with Crippen LogP contribution in [0.5, 0.6) is 5.75 Å². The van der Waals surface area contributed by atoms with Gasteiger partial charge in [-0.05, 0) is 37.5 Å². The van der Waals surface area contributed by atoms with Crippen LogP contribution < -0.4 is 4.74 Å². The summed E-state index contributed by atoms with van der Waals surface area (Å²) in [6.45, 7) is 4.35. The van der Waals surface area contributed by atoms with E-state index in [0.717, 1.165) is 46.3 Å². The molecule has 1 aromatic heterocycles. The number of fused-ring (bicyclic) bond motifs is 1. The Morgan fingerprint density at radius 3 is 2.52 bits per heavy atom. The second-order valence-electron chi connectivity index (χ2n) is 6.82. The van der Waals surface area contributed by atoms with Gasteiger partial charge in [0.05, 0.1) is 24.4 Å². The standard InChI is InChI=1S/C24H26N2O3/c1-19-7-6-9-21(24(19)29-16-13-25)17-27-14-4-5-15-28-18-22-12-11-20-8-2-3-10-23(20)26-22/h2-3,6-12H,4-5,14-18H2,1H3. The first-order valence-corrected chi connectivity index (χ1v) is 9.86. The predicted octanol–water partition coefficient (Wildman–Crippen LogP) is 4.96. The van der Waals surface area contributed by atoms with Gasteiger partial charge in [0.1, 0.15) is 11.8 Å². The highest BCUT2D eigenvalue weighted by molar-refractivity contribution is 5.78. The normalized spacial score (nSPS) is 10.8. The Balaban J connectivity index is 1.32. The molecule has 5 heteroatoms. The van der Waals surface area contributed by atoms with Crippen molar-refractivity contribution >= 4 is 10.9 Å². The van der Waals surface area contributed by atoms with Crippen LogP contribution in [0.2, 0.25) is 0 Å². The van der Waals surface area contributed by atoms with Crippen LogP contribution in [0.4, 0.5) is 0 Å². The van der Waals surface area contributed by atoms with E-state index in [1.807, 2.05) is 55.5 Å². The van der Waals surface area contributed by atoms with Gasteiger partial charge in [-0.15, -0.1) is 0 Å². The van der Waals surface area contributed by atoms with Crippen molar-refractivity contribution in [1.82, 2.24) is 4.98 Å². The molecule has 5 nitrogen and oxygen atoms in total. The Kier molecular flexibility index (Phi) is 8.00. The van der Waals surface area contributed by atoms with Gasteiger partial charge in [-0.3, -0.25) is 4.98 Å². The lowest BCUT2D eigenvalue weighted by molar-refractivity contribution is 0.0879. The summed E-state index contributed by atoms with van der Waals surface area (Å²) in [6, 6.07) is 20.1. The summed E-state index contributed by atoms with van der Waals surface area (Å²) in [6.07, 6.45) is 1.85. The topological polar surface area (TPSA) is 64.4 Å². The molecule has 0 radical (unpaired) electrons. The summed E-state index contributed by atoms with van der Waals surface area (Å²) in [5, 5.41) is 9.87. The number of ether oxygens (including phenoxy) is 3. The van der Waals surface area contributed by atoms with Gasteiger partial charge in [0.25, 0.3) is 0 Å². The van der Waals surface area contributed by atoms with Gasteiger partial charge in [0.15, 0.2) is 6.61 Å². The van der Waals surface area contributed by atoms with Gasteiger partial charge in [0.2, 0.25) is 0 Å². The summed E-state index contributed by atoms with van der Waals surface area (Å²) in [4.78, 5) is 4.61. The molecule has 0 N–H and O–H groups in total. The van der Waals surface area contributed by atoms with Crippen molar-refractivity contribution in [3.8, 4) is 11.8 Å². The third kappa shape index (κ3) is 6.28. The first-order valence-electron chi connectivity index (χ1n) is 9.86. The molecule has 150 valence electrons. The number of aryl methyl sites for hydroxylation is 1. The summed E-state index contributed by atoms with van der Waals surface area (Å²) >= 11 is 0. The molecule has 0 aliphatic carbocycles. The summed E-state index contributed by atoms with van der Waals surface area (Å²) in [5.41, 5.74) is 3.93. The molecule has 0 saturated carbocycles. The molecule has 0 saturated heterocycles. The van der Waals surface area contributed by atoms with Crippen molar-refractivity contribution in [2.75, 3.05) is 19.8 Å². The maximum Gasteiger partial charge on any atom is 0.174 e. The number of rotatable bonds is 11. The molecule has 0 spiro atoms. The lowest BCUT2D eigenvalue weighted by atomic mass is 10.1. The van der Waals surface area contributed by atoms with Gasteiger partial charge in [-0.25, -0.2) is 0 Å². The largest absolute Gasteiger partial charge is 0.478 e. The van der Waals surface area contributed by atoms with Crippen molar-refractivity contribution < 1.29 is 14.2 Å². The fourth-order valence-corrected chi connectivity index (χ4v) is 3.09. The van der Waals surface area contributed by atoms with E-state index in [2.05, 4.69) is 17.1 Å². The molecule has 0 bridgehead atoms. The third-order valence-electron chi connectivity index (χ3n) is 4.57. The molecule has 0 aliphatic heterocycles. The Morgan fingerprint density at radius 1 is 0.897 bits per heavy atom. The maximum absolute atomic E-state index is 8.72. The smallest absolute Gasteiger partial charge is 0.174 e. The van der Waals surface area contributed by atoms with Crippen molar-refractivity contribution in [3.63, 3.8) is 0 Å². The van der Waals surface area contributed by atoms with Crippen molar-refractivity contribution in [1.29, 1.82) is 5.26 Å². The van der Waals surface area contributed by atoms with E-state index >= 15 is 0 Å². The predicted molar refractivity (Wildman–Crippen MR) is 113 cm³/mol. The highest BCUT2D eigenvalue weighted by atomic mass is 16.5. The zero-order valence-corrected chi connectivity index (χ0v) is 16.8. The van der Waals surface area contributed by atoms with Gasteiger partial charge in [0, 0.05) is 24.2 Å². The third-order valence-corrected chi connectivity index (χ3v) is 4.57. The number of para-hydroxylation sites is 2. The molecule has 2 aromatic carbocycles. The van der Waals surface area contributed by atoms with Crippen LogP contribution in [0.3, 0.4) is 0 Å². The van der Waals surface area contributed by atoms with Crippen molar-refractivity contribution in [2.24, 2.45) is 0 Å². The van der Waals surface area contributed by atoms with Gasteiger partial charge in [-0.2, -0.15) is 5.26 Å². The molecular formula is C24H26N2O3. The van der Waals surface area contributed by atoms with Crippen molar-refractivity contribution in [3.05, 3.63) is 71.4 Å². The second-order valence-corrected chi connectivity index (χ2v) is 6.82. The molecule has 0 fully saturated rings. The van der Waals surface area contributed by atoms with E-state index in [9.17, 15) is 0 Å². The molecular weight excluding hydrogens is 364 g/mol. The summed E-state index contributed by atoms with van der Waals surface area (Å²) < 4.78 is 17.1. The number of unbranched alkanes of at least 4 members (excludes halogenated alkanes) is 1. The zero-order valence-electron chi connectivity index (χ0n) is 16.8. The van der Waals surface area contributed by atoms with Gasteiger partial charge in [-0.1, -0.05) is 42.5 Å². The van der Waals surface area contributed by atoms with Gasteiger partial charge >= 0.3 is 0 Å². The first kappa shape index (κ1) is 20.8. The SMILES string of the molecule is Cc1cccc(COCCCCOCc2ccc3ccccc3n2)c1OCC#N. The van der Waals surface area contributed by atoms with Crippen LogP contribution in [-0.4, -0.2) is 24.8 Å². The Hall–Kier alpha value is -2.94. The fourth-order valence-electron chi connectivity index (χ4n) is 3.09. The molecule has 1 heterocycles. The van der Waals surface area contributed by atoms with Crippen molar-refractivity contribution in [2.45, 2.75) is 33.0 Å². The minimum atomic E-state index is 0.0429. The van der Waals surface area contributed by atoms with Crippen LogP contribution in [-0.2, 0) is 22.7 Å².